The fourth-order valence-corrected chi connectivity index (χ4v) is 4.53. The molecule has 0 radical (unpaired) electrons. The topological polar surface area (TPSA) is 80.4 Å². The van der Waals surface area contributed by atoms with Gasteiger partial charge in [-0.3, -0.25) is 9.48 Å². The molecule has 0 bridgehead atoms. The van der Waals surface area contributed by atoms with E-state index in [0.717, 1.165) is 32.7 Å². The van der Waals surface area contributed by atoms with Crippen LogP contribution in [0.3, 0.4) is 0 Å². The second-order valence-electron chi connectivity index (χ2n) is 6.63. The summed E-state index contributed by atoms with van der Waals surface area (Å²) in [6, 6.07) is -0.102. The minimum absolute atomic E-state index is 0.0453. The summed E-state index contributed by atoms with van der Waals surface area (Å²) in [6.07, 6.45) is 2.34. The van der Waals surface area contributed by atoms with Gasteiger partial charge in [0.25, 0.3) is 0 Å². The Balaban J connectivity index is 1.68. The summed E-state index contributed by atoms with van der Waals surface area (Å²) in [4.78, 5) is 19.5. The Morgan fingerprint density at radius 1 is 1.24 bits per heavy atom. The van der Waals surface area contributed by atoms with Crippen molar-refractivity contribution in [2.75, 3.05) is 12.4 Å². The van der Waals surface area contributed by atoms with Crippen molar-refractivity contribution in [1.29, 1.82) is 0 Å². The number of hydrogen-bond donors (Lipinski definition) is 1. The van der Waals surface area contributed by atoms with E-state index in [2.05, 4.69) is 20.5 Å². The molecule has 3 aromatic rings. The van der Waals surface area contributed by atoms with Crippen LogP contribution in [0.5, 0.6) is 0 Å². The largest absolute Gasteiger partial charge is 0.354 e. The fourth-order valence-electron chi connectivity index (χ4n) is 3.64. The van der Waals surface area contributed by atoms with Crippen molar-refractivity contribution < 1.29 is 4.79 Å². The number of carbonyl (C=O) groups excluding carboxylic acids is 1. The van der Waals surface area contributed by atoms with E-state index in [0.29, 0.717) is 6.42 Å². The Morgan fingerprint density at radius 3 is 2.64 bits per heavy atom. The van der Waals surface area contributed by atoms with Gasteiger partial charge in [-0.15, -0.1) is 5.10 Å². The minimum atomic E-state index is -0.0563. The zero-order valence-electron chi connectivity index (χ0n) is 14.9. The quantitative estimate of drug-likeness (QED) is 0.772. The first-order valence-corrected chi connectivity index (χ1v) is 9.02. The van der Waals surface area contributed by atoms with E-state index in [1.807, 2.05) is 50.6 Å². The number of carbonyl (C=O) groups is 1. The highest BCUT2D eigenvalue weighted by Gasteiger charge is 2.41. The summed E-state index contributed by atoms with van der Waals surface area (Å²) >= 11 is 1.50. The van der Waals surface area contributed by atoms with Crippen LogP contribution in [0.1, 0.15) is 35.1 Å². The van der Waals surface area contributed by atoms with E-state index < -0.39 is 0 Å². The summed E-state index contributed by atoms with van der Waals surface area (Å²) in [6.45, 7) is 5.99. The maximum absolute atomic E-state index is 12.4. The molecule has 3 aromatic heterocycles. The molecule has 0 aromatic carbocycles. The predicted molar refractivity (Wildman–Crippen MR) is 95.8 cm³/mol. The second-order valence-corrected chi connectivity index (χ2v) is 7.59. The molecule has 2 atom stereocenters. The average Bonchev–Trinajstić information content (AvgIpc) is 3.19. The smallest absolute Gasteiger partial charge is 0.225 e. The van der Waals surface area contributed by atoms with Crippen molar-refractivity contribution in [1.82, 2.24) is 29.3 Å². The number of aromatic nitrogens is 5. The molecule has 0 spiro atoms. The highest BCUT2D eigenvalue weighted by molar-refractivity contribution is 7.20. The number of anilines is 1. The van der Waals surface area contributed by atoms with Gasteiger partial charge in [-0.1, -0.05) is 11.3 Å². The van der Waals surface area contributed by atoms with Gasteiger partial charge in [0.05, 0.1) is 29.7 Å². The molecular formula is C16H21N7OS. The number of amides is 1. The number of rotatable bonds is 3. The minimum Gasteiger partial charge on any atom is -0.354 e. The third-order valence-corrected chi connectivity index (χ3v) is 5.77. The van der Waals surface area contributed by atoms with E-state index in [1.165, 1.54) is 11.3 Å². The number of hydrogen-bond acceptors (Lipinski definition) is 6. The van der Waals surface area contributed by atoms with Gasteiger partial charge in [-0.25, -0.2) is 9.50 Å². The van der Waals surface area contributed by atoms with Gasteiger partial charge in [0.2, 0.25) is 16.0 Å². The van der Waals surface area contributed by atoms with Crippen molar-refractivity contribution in [2.45, 2.75) is 39.3 Å². The predicted octanol–water partition coefficient (Wildman–Crippen LogP) is 1.83. The van der Waals surface area contributed by atoms with Crippen LogP contribution >= 0.6 is 11.3 Å². The van der Waals surface area contributed by atoms with Crippen LogP contribution in [0.25, 0.3) is 4.96 Å². The molecule has 0 saturated carbocycles. The Kier molecular flexibility index (Phi) is 3.57. The zero-order chi connectivity index (χ0) is 17.9. The van der Waals surface area contributed by atoms with Gasteiger partial charge in [0.1, 0.15) is 0 Å². The lowest BCUT2D eigenvalue weighted by Gasteiger charge is -2.26. The number of likely N-dealkylation sites (tertiary alicyclic amines) is 1. The lowest BCUT2D eigenvalue weighted by Crippen LogP contribution is -2.30. The van der Waals surface area contributed by atoms with Gasteiger partial charge in [0.15, 0.2) is 0 Å². The van der Waals surface area contributed by atoms with E-state index in [4.69, 9.17) is 0 Å². The molecule has 132 valence electrons. The Labute approximate surface area is 149 Å². The molecule has 0 aliphatic carbocycles. The number of nitrogens with zero attached hydrogens (tertiary/aromatic N) is 6. The van der Waals surface area contributed by atoms with Crippen LogP contribution in [0, 0.1) is 20.8 Å². The Bertz CT molecular complexity index is 937. The van der Waals surface area contributed by atoms with Gasteiger partial charge in [-0.2, -0.15) is 5.10 Å². The first-order chi connectivity index (χ1) is 11.8. The summed E-state index contributed by atoms with van der Waals surface area (Å²) in [7, 11) is 3.79. The van der Waals surface area contributed by atoms with E-state index in [-0.39, 0.29) is 18.0 Å². The molecule has 0 unspecified atom stereocenters. The Morgan fingerprint density at radius 2 is 2.00 bits per heavy atom. The number of imidazole rings is 1. The fraction of sp³-hybridized carbons (Fsp3) is 0.500. The molecule has 1 aliphatic rings. The first-order valence-electron chi connectivity index (χ1n) is 8.20. The van der Waals surface area contributed by atoms with Crippen molar-refractivity contribution in [3.05, 3.63) is 28.8 Å². The van der Waals surface area contributed by atoms with E-state index in [9.17, 15) is 4.79 Å². The molecule has 9 heteroatoms. The Hall–Kier alpha value is -2.42. The molecule has 1 amide bonds. The molecule has 8 nitrogen and oxygen atoms in total. The highest BCUT2D eigenvalue weighted by Crippen LogP contribution is 2.37. The van der Waals surface area contributed by atoms with Gasteiger partial charge >= 0.3 is 0 Å². The van der Waals surface area contributed by atoms with Gasteiger partial charge in [0, 0.05) is 31.8 Å². The molecule has 25 heavy (non-hydrogen) atoms. The number of fused-ring (bicyclic) bond motifs is 1. The summed E-state index contributed by atoms with van der Waals surface area (Å²) in [5.74, 6) is 0.127. The number of aryl methyl sites for hydroxylation is 3. The van der Waals surface area contributed by atoms with Crippen molar-refractivity contribution in [2.24, 2.45) is 7.05 Å². The van der Waals surface area contributed by atoms with Crippen LogP contribution < -0.4 is 5.32 Å². The summed E-state index contributed by atoms with van der Waals surface area (Å²) in [5.41, 5.74) is 4.11. The second kappa shape index (κ2) is 5.55. The van der Waals surface area contributed by atoms with Crippen molar-refractivity contribution in [3.8, 4) is 0 Å². The molecule has 1 fully saturated rings. The lowest BCUT2D eigenvalue weighted by atomic mass is 9.98. The molecule has 1 aliphatic heterocycles. The molecule has 1 saturated heterocycles. The van der Waals surface area contributed by atoms with Crippen LogP contribution in [-0.2, 0) is 11.8 Å². The van der Waals surface area contributed by atoms with E-state index in [1.54, 1.807) is 4.52 Å². The molecule has 4 heterocycles. The SMILES string of the molecule is Cc1cn2nc(N[C@@H]3CC(=O)N(C)[C@H]3c3c(C)nn(C)c3C)sc2n1. The summed E-state index contributed by atoms with van der Waals surface area (Å²) in [5, 5.41) is 13.3. The normalized spacial score (nSPS) is 20.8. The van der Waals surface area contributed by atoms with Crippen LogP contribution in [-0.4, -0.2) is 48.3 Å². The first kappa shape index (κ1) is 16.1. The lowest BCUT2D eigenvalue weighted by molar-refractivity contribution is -0.127. The third-order valence-electron chi connectivity index (χ3n) is 4.92. The van der Waals surface area contributed by atoms with Crippen LogP contribution in [0.2, 0.25) is 0 Å². The summed E-state index contributed by atoms with van der Waals surface area (Å²) < 4.78 is 3.65. The average molecular weight is 359 g/mol. The number of likely N-dealkylation sites (N-methyl/N-ethyl adjacent to an activating group) is 1. The third kappa shape index (κ3) is 2.50. The van der Waals surface area contributed by atoms with Gasteiger partial charge < -0.3 is 10.2 Å². The maximum Gasteiger partial charge on any atom is 0.225 e. The molecular weight excluding hydrogens is 338 g/mol. The van der Waals surface area contributed by atoms with E-state index >= 15 is 0 Å². The molecule has 1 N–H and O–H groups in total. The van der Waals surface area contributed by atoms with Crippen molar-refractivity contribution in [3.63, 3.8) is 0 Å². The molecule has 4 rings (SSSR count). The number of nitrogens with one attached hydrogen (secondary N) is 1. The standard InChI is InChI=1S/C16H21N7OS/c1-8-7-23-16(17-8)25-15(20-23)18-11-6-12(24)21(4)14(11)13-9(2)19-22(5)10(13)3/h7,11,14H,6H2,1-5H3,(H,18,20)/t11-,14-/m1/s1. The van der Waals surface area contributed by atoms with Crippen LogP contribution in [0.4, 0.5) is 5.13 Å². The zero-order valence-corrected chi connectivity index (χ0v) is 15.8. The highest BCUT2D eigenvalue weighted by atomic mass is 32.1. The van der Waals surface area contributed by atoms with Crippen molar-refractivity contribution >= 4 is 27.3 Å². The maximum atomic E-state index is 12.4. The monoisotopic (exact) mass is 359 g/mol. The van der Waals surface area contributed by atoms with Gasteiger partial charge in [-0.05, 0) is 20.8 Å². The van der Waals surface area contributed by atoms with Crippen LogP contribution in [0.15, 0.2) is 6.20 Å².